The van der Waals surface area contributed by atoms with E-state index in [-0.39, 0.29) is 5.82 Å². The fraction of sp³-hybridized carbons (Fsp3) is 0.0455. The topological polar surface area (TPSA) is 22.2 Å². The molecule has 0 N–H and O–H groups in total. The van der Waals surface area contributed by atoms with Crippen LogP contribution in [0.1, 0.15) is 5.56 Å². The average molecular weight is 341 g/mol. The Balaban J connectivity index is 1.68. The zero-order valence-electron chi connectivity index (χ0n) is 14.2. The summed E-state index contributed by atoms with van der Waals surface area (Å²) < 4.78 is 18.2. The average Bonchev–Trinajstić information content (AvgIpc) is 3.30. The summed E-state index contributed by atoms with van der Waals surface area (Å²) in [6.07, 6.45) is 5.93. The van der Waals surface area contributed by atoms with Gasteiger partial charge in [-0.05, 0) is 48.9 Å². The molecule has 3 nitrogen and oxygen atoms in total. The first kappa shape index (κ1) is 14.9. The maximum absolute atomic E-state index is 14.1. The predicted octanol–water partition coefficient (Wildman–Crippen LogP) is 5.39. The van der Waals surface area contributed by atoms with Crippen molar-refractivity contribution in [1.82, 2.24) is 14.0 Å². The second kappa shape index (κ2) is 5.56. The fourth-order valence-electron chi connectivity index (χ4n) is 3.50. The van der Waals surface area contributed by atoms with E-state index in [1.165, 1.54) is 6.07 Å². The molecule has 0 amide bonds. The molecule has 126 valence electrons. The second-order valence-electron chi connectivity index (χ2n) is 6.45. The van der Waals surface area contributed by atoms with Gasteiger partial charge in [-0.25, -0.2) is 9.37 Å². The van der Waals surface area contributed by atoms with Crippen LogP contribution in [0, 0.1) is 12.7 Å². The summed E-state index contributed by atoms with van der Waals surface area (Å²) in [4.78, 5) is 4.69. The van der Waals surface area contributed by atoms with Crippen LogP contribution >= 0.6 is 0 Å². The van der Waals surface area contributed by atoms with E-state index in [0.29, 0.717) is 5.39 Å². The maximum atomic E-state index is 14.1. The van der Waals surface area contributed by atoms with Crippen LogP contribution in [0.2, 0.25) is 0 Å². The van der Waals surface area contributed by atoms with Gasteiger partial charge in [0.05, 0.1) is 11.2 Å². The lowest BCUT2D eigenvalue weighted by Gasteiger charge is -2.09. The fourth-order valence-corrected chi connectivity index (χ4v) is 3.50. The molecule has 0 saturated heterocycles. The highest BCUT2D eigenvalue weighted by Gasteiger charge is 2.11. The lowest BCUT2D eigenvalue weighted by atomic mass is 10.1. The molecule has 0 aliphatic rings. The molecule has 5 aromatic rings. The standard InChI is InChI=1S/C22H16FN3/c1-15-8-9-19(23)18-10-12-26(22(15)18)17-6-4-5-16(13-17)20-14-25-11-3-2-7-21(25)24-20/h2-14H,1H3. The van der Waals surface area contributed by atoms with E-state index in [4.69, 9.17) is 4.98 Å². The highest BCUT2D eigenvalue weighted by Crippen LogP contribution is 2.28. The lowest BCUT2D eigenvalue weighted by molar-refractivity contribution is 0.639. The number of aromatic nitrogens is 3. The molecule has 0 bridgehead atoms. The smallest absolute Gasteiger partial charge is 0.137 e. The van der Waals surface area contributed by atoms with Crippen LogP contribution < -0.4 is 0 Å². The molecule has 0 atom stereocenters. The third-order valence-corrected chi connectivity index (χ3v) is 4.78. The molecule has 2 aromatic carbocycles. The summed E-state index contributed by atoms with van der Waals surface area (Å²) in [5, 5.41) is 0.642. The monoisotopic (exact) mass is 341 g/mol. The van der Waals surface area contributed by atoms with Crippen molar-refractivity contribution in [3.63, 3.8) is 0 Å². The number of fused-ring (bicyclic) bond motifs is 2. The first-order valence-electron chi connectivity index (χ1n) is 8.51. The number of rotatable bonds is 2. The van der Waals surface area contributed by atoms with Crippen LogP contribution in [-0.2, 0) is 0 Å². The summed E-state index contributed by atoms with van der Waals surface area (Å²) in [5.74, 6) is -0.194. The minimum Gasteiger partial charge on any atom is -0.316 e. The van der Waals surface area contributed by atoms with E-state index in [0.717, 1.165) is 33.7 Å². The number of benzene rings is 2. The van der Waals surface area contributed by atoms with Gasteiger partial charge in [0.25, 0.3) is 0 Å². The second-order valence-corrected chi connectivity index (χ2v) is 6.45. The van der Waals surface area contributed by atoms with Gasteiger partial charge in [-0.1, -0.05) is 24.3 Å². The Kier molecular flexibility index (Phi) is 3.19. The molecule has 5 rings (SSSR count). The van der Waals surface area contributed by atoms with E-state index in [2.05, 4.69) is 6.07 Å². The first-order valence-corrected chi connectivity index (χ1v) is 8.51. The van der Waals surface area contributed by atoms with Crippen molar-refractivity contribution in [3.05, 3.63) is 90.6 Å². The number of pyridine rings is 1. The summed E-state index contributed by atoms with van der Waals surface area (Å²) in [6.45, 7) is 2.00. The Labute approximate surface area is 150 Å². The van der Waals surface area contributed by atoms with Crippen molar-refractivity contribution >= 4 is 16.6 Å². The number of aryl methyl sites for hydroxylation is 1. The van der Waals surface area contributed by atoms with E-state index >= 15 is 0 Å². The highest BCUT2D eigenvalue weighted by molar-refractivity contribution is 5.85. The van der Waals surface area contributed by atoms with E-state index in [9.17, 15) is 4.39 Å². The third-order valence-electron chi connectivity index (χ3n) is 4.78. The number of hydrogen-bond acceptors (Lipinski definition) is 1. The van der Waals surface area contributed by atoms with Gasteiger partial charge in [-0.3, -0.25) is 0 Å². The summed E-state index contributed by atoms with van der Waals surface area (Å²) in [5.41, 5.74) is 5.79. The highest BCUT2D eigenvalue weighted by atomic mass is 19.1. The largest absolute Gasteiger partial charge is 0.316 e. The quantitative estimate of drug-likeness (QED) is 0.422. The van der Waals surface area contributed by atoms with Gasteiger partial charge in [-0.2, -0.15) is 0 Å². The summed E-state index contributed by atoms with van der Waals surface area (Å²) >= 11 is 0. The van der Waals surface area contributed by atoms with Gasteiger partial charge < -0.3 is 8.97 Å². The first-order chi connectivity index (χ1) is 12.7. The van der Waals surface area contributed by atoms with Gasteiger partial charge >= 0.3 is 0 Å². The van der Waals surface area contributed by atoms with Gasteiger partial charge in [0.15, 0.2) is 0 Å². The van der Waals surface area contributed by atoms with E-state index in [1.807, 2.05) is 83.0 Å². The normalized spacial score (nSPS) is 11.5. The lowest BCUT2D eigenvalue weighted by Crippen LogP contribution is -1.94. The maximum Gasteiger partial charge on any atom is 0.137 e. The number of nitrogens with zero attached hydrogens (tertiary/aromatic N) is 3. The predicted molar refractivity (Wildman–Crippen MR) is 102 cm³/mol. The molecule has 3 heterocycles. The van der Waals surface area contributed by atoms with E-state index < -0.39 is 0 Å². The minimum absolute atomic E-state index is 0.194. The Hall–Kier alpha value is -3.40. The summed E-state index contributed by atoms with van der Waals surface area (Å²) in [7, 11) is 0. The Morgan fingerprint density at radius 2 is 1.85 bits per heavy atom. The number of imidazole rings is 1. The van der Waals surface area contributed by atoms with Crippen molar-refractivity contribution in [1.29, 1.82) is 0 Å². The third kappa shape index (κ3) is 2.23. The SMILES string of the molecule is Cc1ccc(F)c2ccn(-c3cccc(-c4cn5ccccc5n4)c3)c12. The molecule has 0 aliphatic carbocycles. The number of hydrogen-bond donors (Lipinski definition) is 0. The van der Waals surface area contributed by atoms with Crippen LogP contribution in [0.3, 0.4) is 0 Å². The Morgan fingerprint density at radius 1 is 0.923 bits per heavy atom. The Bertz CT molecular complexity index is 1230. The molecule has 0 radical (unpaired) electrons. The van der Waals surface area contributed by atoms with Crippen LogP contribution in [0.5, 0.6) is 0 Å². The zero-order chi connectivity index (χ0) is 17.7. The molecule has 26 heavy (non-hydrogen) atoms. The van der Waals surface area contributed by atoms with Crippen LogP contribution in [0.4, 0.5) is 4.39 Å². The molecule has 4 heteroatoms. The van der Waals surface area contributed by atoms with E-state index in [1.54, 1.807) is 0 Å². The van der Waals surface area contributed by atoms with Crippen molar-refractivity contribution in [2.45, 2.75) is 6.92 Å². The zero-order valence-corrected chi connectivity index (χ0v) is 14.2. The van der Waals surface area contributed by atoms with Crippen LogP contribution in [-0.4, -0.2) is 14.0 Å². The van der Waals surface area contributed by atoms with Crippen LogP contribution in [0.25, 0.3) is 33.5 Å². The van der Waals surface area contributed by atoms with Crippen molar-refractivity contribution in [2.24, 2.45) is 0 Å². The molecule has 0 aliphatic heterocycles. The molecular weight excluding hydrogens is 325 g/mol. The Morgan fingerprint density at radius 3 is 2.73 bits per heavy atom. The number of halogens is 1. The van der Waals surface area contributed by atoms with Gasteiger partial charge in [0.1, 0.15) is 11.5 Å². The summed E-state index contributed by atoms with van der Waals surface area (Å²) in [6, 6.07) is 19.3. The molecule has 0 spiro atoms. The van der Waals surface area contributed by atoms with Gasteiger partial charge in [-0.15, -0.1) is 0 Å². The molecular formula is C22H16FN3. The van der Waals surface area contributed by atoms with Crippen molar-refractivity contribution < 1.29 is 4.39 Å². The van der Waals surface area contributed by atoms with Gasteiger partial charge in [0, 0.05) is 35.2 Å². The van der Waals surface area contributed by atoms with Crippen LogP contribution in [0.15, 0.2) is 79.3 Å². The van der Waals surface area contributed by atoms with Crippen molar-refractivity contribution in [2.75, 3.05) is 0 Å². The molecule has 0 saturated carbocycles. The minimum atomic E-state index is -0.194. The van der Waals surface area contributed by atoms with Crippen molar-refractivity contribution in [3.8, 4) is 16.9 Å². The molecule has 3 aromatic heterocycles. The molecule has 0 unspecified atom stereocenters. The van der Waals surface area contributed by atoms with Gasteiger partial charge in [0.2, 0.25) is 0 Å². The molecule has 0 fully saturated rings.